The molecule has 0 spiro atoms. The zero-order valence-electron chi connectivity index (χ0n) is 14.8. The fraction of sp³-hybridized carbons (Fsp3) is 0.300. The van der Waals surface area contributed by atoms with E-state index in [1.54, 1.807) is 18.2 Å². The van der Waals surface area contributed by atoms with Gasteiger partial charge in [0, 0.05) is 37.7 Å². The van der Waals surface area contributed by atoms with Crippen molar-refractivity contribution < 1.29 is 14.0 Å². The molecule has 0 saturated carbocycles. The van der Waals surface area contributed by atoms with E-state index in [0.717, 1.165) is 16.8 Å². The molecule has 25 heavy (non-hydrogen) atoms. The Hall–Kier alpha value is -2.69. The smallest absolute Gasteiger partial charge is 0.226 e. The number of nitrogens with zero attached hydrogens (tertiary/aromatic N) is 1. The molecule has 0 aliphatic carbocycles. The summed E-state index contributed by atoms with van der Waals surface area (Å²) in [7, 11) is 0. The molecule has 0 heterocycles. The summed E-state index contributed by atoms with van der Waals surface area (Å²) >= 11 is 0. The summed E-state index contributed by atoms with van der Waals surface area (Å²) in [6.07, 6.45) is 0.154. The van der Waals surface area contributed by atoms with E-state index < -0.39 is 0 Å². The van der Waals surface area contributed by atoms with Gasteiger partial charge in [-0.25, -0.2) is 4.39 Å². The van der Waals surface area contributed by atoms with Crippen LogP contribution in [0, 0.1) is 19.7 Å². The maximum absolute atomic E-state index is 13.8. The lowest BCUT2D eigenvalue weighted by Gasteiger charge is -2.21. The highest BCUT2D eigenvalue weighted by Gasteiger charge is 2.14. The van der Waals surface area contributed by atoms with Gasteiger partial charge in [0.25, 0.3) is 0 Å². The highest BCUT2D eigenvalue weighted by atomic mass is 19.1. The molecule has 0 aromatic heterocycles. The van der Waals surface area contributed by atoms with Crippen LogP contribution in [-0.2, 0) is 16.1 Å². The van der Waals surface area contributed by atoms with Crippen LogP contribution in [0.25, 0.3) is 0 Å². The maximum atomic E-state index is 13.8. The number of carbonyl (C=O) groups is 2. The number of halogens is 1. The number of carbonyl (C=O) groups excluding carboxylic acids is 2. The maximum Gasteiger partial charge on any atom is 0.226 e. The van der Waals surface area contributed by atoms with E-state index in [2.05, 4.69) is 5.32 Å². The molecule has 0 saturated heterocycles. The first kappa shape index (κ1) is 18.6. The van der Waals surface area contributed by atoms with E-state index in [0.29, 0.717) is 5.56 Å². The number of amides is 2. The van der Waals surface area contributed by atoms with Gasteiger partial charge in [0.1, 0.15) is 5.82 Å². The molecule has 0 radical (unpaired) electrons. The average molecular weight is 342 g/mol. The molecule has 2 amide bonds. The molecule has 0 unspecified atom stereocenters. The predicted molar refractivity (Wildman–Crippen MR) is 96.7 cm³/mol. The van der Waals surface area contributed by atoms with Crippen molar-refractivity contribution in [1.29, 1.82) is 0 Å². The van der Waals surface area contributed by atoms with E-state index >= 15 is 0 Å². The van der Waals surface area contributed by atoms with E-state index in [1.807, 2.05) is 32.0 Å². The van der Waals surface area contributed by atoms with Crippen LogP contribution >= 0.6 is 0 Å². The molecule has 4 nitrogen and oxygen atoms in total. The number of nitrogens with one attached hydrogen (secondary N) is 1. The molecule has 2 rings (SSSR count). The fourth-order valence-electron chi connectivity index (χ4n) is 2.58. The van der Waals surface area contributed by atoms with E-state index in [-0.39, 0.29) is 37.1 Å². The number of aryl methyl sites for hydroxylation is 2. The summed E-state index contributed by atoms with van der Waals surface area (Å²) in [5.74, 6) is -0.720. The molecule has 0 bridgehead atoms. The molecule has 132 valence electrons. The van der Waals surface area contributed by atoms with Crippen molar-refractivity contribution in [2.45, 2.75) is 33.7 Å². The van der Waals surface area contributed by atoms with E-state index in [9.17, 15) is 14.0 Å². The standard InChI is InChI=1S/C20H23FN2O2/c1-14-8-9-19(15(2)12-14)22-20(25)10-11-23(16(3)24)13-17-6-4-5-7-18(17)21/h4-9,12H,10-11,13H2,1-3H3,(H,22,25). The molecule has 5 heteroatoms. The van der Waals surface area contributed by atoms with Gasteiger partial charge in [-0.1, -0.05) is 35.9 Å². The molecule has 0 aliphatic heterocycles. The van der Waals surface area contributed by atoms with Gasteiger partial charge in [-0.15, -0.1) is 0 Å². The van der Waals surface area contributed by atoms with Crippen LogP contribution < -0.4 is 5.32 Å². The quantitative estimate of drug-likeness (QED) is 0.867. The fourth-order valence-corrected chi connectivity index (χ4v) is 2.58. The lowest BCUT2D eigenvalue weighted by molar-refractivity contribution is -0.130. The third kappa shape index (κ3) is 5.41. The van der Waals surface area contributed by atoms with Crippen LogP contribution in [0.15, 0.2) is 42.5 Å². The topological polar surface area (TPSA) is 49.4 Å². The van der Waals surface area contributed by atoms with Crippen molar-refractivity contribution in [3.05, 3.63) is 65.0 Å². The Labute approximate surface area is 147 Å². The Balaban J connectivity index is 1.95. The van der Waals surface area contributed by atoms with Gasteiger partial charge in [-0.05, 0) is 31.5 Å². The van der Waals surface area contributed by atoms with Gasteiger partial charge in [-0.2, -0.15) is 0 Å². The second-order valence-corrected chi connectivity index (χ2v) is 6.15. The molecular formula is C20H23FN2O2. The number of rotatable bonds is 6. The SMILES string of the molecule is CC(=O)N(CCC(=O)Nc1ccc(C)cc1C)Cc1ccccc1F. The summed E-state index contributed by atoms with van der Waals surface area (Å²) < 4.78 is 13.8. The Bertz CT molecular complexity index is 774. The normalized spacial score (nSPS) is 10.4. The first-order chi connectivity index (χ1) is 11.9. The van der Waals surface area contributed by atoms with Crippen molar-refractivity contribution in [2.24, 2.45) is 0 Å². The first-order valence-corrected chi connectivity index (χ1v) is 8.23. The van der Waals surface area contributed by atoms with E-state index in [4.69, 9.17) is 0 Å². The summed E-state index contributed by atoms with van der Waals surface area (Å²) in [4.78, 5) is 25.4. The number of hydrogen-bond acceptors (Lipinski definition) is 2. The van der Waals surface area contributed by atoms with Crippen LogP contribution in [0.4, 0.5) is 10.1 Å². The zero-order valence-corrected chi connectivity index (χ0v) is 14.8. The van der Waals surface area contributed by atoms with Crippen molar-refractivity contribution in [3.8, 4) is 0 Å². The lowest BCUT2D eigenvalue weighted by Crippen LogP contribution is -2.32. The van der Waals surface area contributed by atoms with Gasteiger partial charge in [0.05, 0.1) is 0 Å². The van der Waals surface area contributed by atoms with Crippen molar-refractivity contribution in [1.82, 2.24) is 4.90 Å². The van der Waals surface area contributed by atoms with Crippen LogP contribution in [-0.4, -0.2) is 23.3 Å². The average Bonchev–Trinajstić information content (AvgIpc) is 2.55. The number of benzene rings is 2. The summed E-state index contributed by atoms with van der Waals surface area (Å²) in [6.45, 7) is 5.73. The molecule has 0 atom stereocenters. The Morgan fingerprint density at radius 3 is 2.48 bits per heavy atom. The monoisotopic (exact) mass is 342 g/mol. The summed E-state index contributed by atoms with van der Waals surface area (Å²) in [5, 5.41) is 2.86. The summed E-state index contributed by atoms with van der Waals surface area (Å²) in [6, 6.07) is 12.1. The molecule has 0 fully saturated rings. The lowest BCUT2D eigenvalue weighted by atomic mass is 10.1. The second-order valence-electron chi connectivity index (χ2n) is 6.15. The zero-order chi connectivity index (χ0) is 18.4. The Morgan fingerprint density at radius 2 is 1.84 bits per heavy atom. The van der Waals surface area contributed by atoms with Gasteiger partial charge in [-0.3, -0.25) is 9.59 Å². The van der Waals surface area contributed by atoms with Crippen LogP contribution in [0.5, 0.6) is 0 Å². The van der Waals surface area contributed by atoms with Gasteiger partial charge in [0.15, 0.2) is 0 Å². The van der Waals surface area contributed by atoms with Crippen molar-refractivity contribution >= 4 is 17.5 Å². The minimum Gasteiger partial charge on any atom is -0.338 e. The highest BCUT2D eigenvalue weighted by molar-refractivity contribution is 5.91. The van der Waals surface area contributed by atoms with E-state index in [1.165, 1.54) is 17.9 Å². The van der Waals surface area contributed by atoms with Crippen molar-refractivity contribution in [2.75, 3.05) is 11.9 Å². The largest absolute Gasteiger partial charge is 0.338 e. The minimum absolute atomic E-state index is 0.152. The number of anilines is 1. The third-order valence-corrected chi connectivity index (χ3v) is 4.03. The number of hydrogen-bond donors (Lipinski definition) is 1. The predicted octanol–water partition coefficient (Wildman–Crippen LogP) is 3.82. The van der Waals surface area contributed by atoms with Crippen LogP contribution in [0.3, 0.4) is 0 Å². The molecular weight excluding hydrogens is 319 g/mol. The Morgan fingerprint density at radius 1 is 1.12 bits per heavy atom. The van der Waals surface area contributed by atoms with Gasteiger partial charge < -0.3 is 10.2 Å². The van der Waals surface area contributed by atoms with Gasteiger partial charge in [0.2, 0.25) is 11.8 Å². The summed E-state index contributed by atoms with van der Waals surface area (Å²) in [5.41, 5.74) is 3.32. The van der Waals surface area contributed by atoms with Crippen LogP contribution in [0.2, 0.25) is 0 Å². The first-order valence-electron chi connectivity index (χ1n) is 8.23. The Kier molecular flexibility index (Phi) is 6.28. The molecule has 1 N–H and O–H groups in total. The van der Waals surface area contributed by atoms with Crippen LogP contribution in [0.1, 0.15) is 30.0 Å². The molecule has 2 aromatic rings. The highest BCUT2D eigenvalue weighted by Crippen LogP contribution is 2.16. The second kappa shape index (κ2) is 8.42. The molecule has 2 aromatic carbocycles. The van der Waals surface area contributed by atoms with Gasteiger partial charge >= 0.3 is 0 Å². The molecule has 0 aliphatic rings. The van der Waals surface area contributed by atoms with Crippen molar-refractivity contribution in [3.63, 3.8) is 0 Å². The minimum atomic E-state index is -0.353. The third-order valence-electron chi connectivity index (χ3n) is 4.03.